The smallest absolute Gasteiger partial charge is 0.255 e. The summed E-state index contributed by atoms with van der Waals surface area (Å²) in [5.74, 6) is -0.208. The van der Waals surface area contributed by atoms with E-state index < -0.39 is 0 Å². The van der Waals surface area contributed by atoms with Crippen LogP contribution in [0.5, 0.6) is 5.75 Å². The zero-order valence-corrected chi connectivity index (χ0v) is 18.6. The van der Waals surface area contributed by atoms with Gasteiger partial charge in [0.1, 0.15) is 5.75 Å². The lowest BCUT2D eigenvalue weighted by atomic mass is 10.2. The summed E-state index contributed by atoms with van der Waals surface area (Å²) in [6.07, 6.45) is 2.91. The molecule has 3 rings (SSSR count). The number of halogens is 3. The zero-order valence-electron chi connectivity index (χ0n) is 16.3. The van der Waals surface area contributed by atoms with Crippen LogP contribution in [0.1, 0.15) is 15.9 Å². The monoisotopic (exact) mass is 474 g/mol. The van der Waals surface area contributed by atoms with Gasteiger partial charge >= 0.3 is 0 Å². The number of anilines is 2. The van der Waals surface area contributed by atoms with Gasteiger partial charge in [0, 0.05) is 38.6 Å². The third-order valence-electron chi connectivity index (χ3n) is 4.15. The SMILES string of the molecule is COc1c(Cl)cc(Cl)cc1C=CC(=O)Nc1ccc(NC(=O)c2cccc(Cl)c2)cc1. The fourth-order valence-corrected chi connectivity index (χ4v) is 3.52. The Bertz CT molecular complexity index is 1150. The molecule has 3 aromatic rings. The summed E-state index contributed by atoms with van der Waals surface area (Å²) in [5, 5.41) is 6.78. The summed E-state index contributed by atoms with van der Waals surface area (Å²) in [4.78, 5) is 24.5. The van der Waals surface area contributed by atoms with Crippen molar-refractivity contribution < 1.29 is 14.3 Å². The van der Waals surface area contributed by atoms with Crippen LogP contribution < -0.4 is 15.4 Å². The van der Waals surface area contributed by atoms with Crippen molar-refractivity contribution in [3.8, 4) is 5.75 Å². The van der Waals surface area contributed by atoms with Crippen LogP contribution in [-0.4, -0.2) is 18.9 Å². The normalized spacial score (nSPS) is 10.7. The Morgan fingerprint density at radius 2 is 1.55 bits per heavy atom. The molecule has 0 aromatic heterocycles. The van der Waals surface area contributed by atoms with E-state index in [0.717, 1.165) is 0 Å². The molecule has 158 valence electrons. The van der Waals surface area contributed by atoms with Crippen LogP contribution in [0, 0.1) is 0 Å². The van der Waals surface area contributed by atoms with Crippen LogP contribution in [-0.2, 0) is 4.79 Å². The zero-order chi connectivity index (χ0) is 22.4. The highest BCUT2D eigenvalue weighted by atomic mass is 35.5. The van der Waals surface area contributed by atoms with E-state index in [1.165, 1.54) is 13.2 Å². The van der Waals surface area contributed by atoms with E-state index in [0.29, 0.717) is 43.3 Å². The first kappa shape index (κ1) is 22.7. The van der Waals surface area contributed by atoms with Crippen molar-refractivity contribution in [2.45, 2.75) is 0 Å². The maximum atomic E-state index is 12.3. The lowest BCUT2D eigenvalue weighted by Gasteiger charge is -2.08. The van der Waals surface area contributed by atoms with E-state index in [4.69, 9.17) is 39.5 Å². The molecule has 0 heterocycles. The second-order valence-electron chi connectivity index (χ2n) is 6.37. The summed E-state index contributed by atoms with van der Waals surface area (Å²) < 4.78 is 5.25. The lowest BCUT2D eigenvalue weighted by Crippen LogP contribution is -2.12. The van der Waals surface area contributed by atoms with Crippen LogP contribution in [0.25, 0.3) is 6.08 Å². The first-order valence-electron chi connectivity index (χ1n) is 9.05. The largest absolute Gasteiger partial charge is 0.495 e. The van der Waals surface area contributed by atoms with Crippen molar-refractivity contribution in [2.75, 3.05) is 17.7 Å². The highest BCUT2D eigenvalue weighted by Crippen LogP contribution is 2.33. The minimum Gasteiger partial charge on any atom is -0.495 e. The molecule has 0 saturated carbocycles. The number of amides is 2. The van der Waals surface area contributed by atoms with Gasteiger partial charge in [-0.1, -0.05) is 40.9 Å². The minimum absolute atomic E-state index is 0.281. The summed E-state index contributed by atoms with van der Waals surface area (Å²) in [7, 11) is 1.49. The number of nitrogens with one attached hydrogen (secondary N) is 2. The van der Waals surface area contributed by atoms with E-state index in [1.807, 2.05) is 0 Å². The third kappa shape index (κ3) is 6.25. The highest BCUT2D eigenvalue weighted by molar-refractivity contribution is 6.36. The molecule has 0 spiro atoms. The van der Waals surface area contributed by atoms with Crippen molar-refractivity contribution in [1.29, 1.82) is 0 Å². The molecule has 0 saturated heterocycles. The van der Waals surface area contributed by atoms with E-state index in [9.17, 15) is 9.59 Å². The van der Waals surface area contributed by atoms with Crippen molar-refractivity contribution in [3.05, 3.63) is 92.9 Å². The van der Waals surface area contributed by atoms with Crippen molar-refractivity contribution in [1.82, 2.24) is 0 Å². The molecule has 0 unspecified atom stereocenters. The van der Waals surface area contributed by atoms with Crippen LogP contribution in [0.3, 0.4) is 0 Å². The van der Waals surface area contributed by atoms with Gasteiger partial charge in [0.05, 0.1) is 12.1 Å². The molecule has 5 nitrogen and oxygen atoms in total. The molecule has 31 heavy (non-hydrogen) atoms. The van der Waals surface area contributed by atoms with E-state index in [-0.39, 0.29) is 11.8 Å². The standard InChI is InChI=1S/C23H17Cl3N2O3/c1-31-22-14(11-17(25)13-20(22)26)5-10-21(29)27-18-6-8-19(9-7-18)28-23(30)15-3-2-4-16(24)12-15/h2-13H,1H3,(H,27,29)(H,28,30). The average Bonchev–Trinajstić information content (AvgIpc) is 2.73. The molecule has 2 N–H and O–H groups in total. The summed E-state index contributed by atoms with van der Waals surface area (Å²) >= 11 is 18.0. The van der Waals surface area contributed by atoms with Gasteiger partial charge in [-0.2, -0.15) is 0 Å². The van der Waals surface area contributed by atoms with Crippen molar-refractivity contribution >= 4 is 64.1 Å². The van der Waals surface area contributed by atoms with Gasteiger partial charge in [0.2, 0.25) is 5.91 Å². The predicted molar refractivity (Wildman–Crippen MR) is 127 cm³/mol. The number of hydrogen-bond acceptors (Lipinski definition) is 3. The van der Waals surface area contributed by atoms with E-state index in [2.05, 4.69) is 10.6 Å². The van der Waals surface area contributed by atoms with Gasteiger partial charge in [-0.3, -0.25) is 9.59 Å². The molecule has 0 aliphatic heterocycles. The molecule has 0 atom stereocenters. The highest BCUT2D eigenvalue weighted by Gasteiger charge is 2.09. The average molecular weight is 476 g/mol. The Morgan fingerprint density at radius 3 is 2.19 bits per heavy atom. The van der Waals surface area contributed by atoms with Gasteiger partial charge < -0.3 is 15.4 Å². The Morgan fingerprint density at radius 1 is 0.871 bits per heavy atom. The van der Waals surface area contributed by atoms with Gasteiger partial charge in [0.25, 0.3) is 5.91 Å². The summed E-state index contributed by atoms with van der Waals surface area (Å²) in [6.45, 7) is 0. The Kier molecular flexibility index (Phi) is 7.58. The molecular weight excluding hydrogens is 459 g/mol. The molecule has 0 fully saturated rings. The fourth-order valence-electron chi connectivity index (χ4n) is 2.74. The molecule has 2 amide bonds. The topological polar surface area (TPSA) is 67.4 Å². The van der Waals surface area contributed by atoms with Crippen LogP contribution >= 0.6 is 34.8 Å². The number of benzene rings is 3. The summed E-state index contributed by atoms with van der Waals surface area (Å²) in [5.41, 5.74) is 2.17. The number of carbonyl (C=O) groups is 2. The number of hydrogen-bond donors (Lipinski definition) is 2. The third-order valence-corrected chi connectivity index (χ3v) is 4.89. The second-order valence-corrected chi connectivity index (χ2v) is 7.65. The Labute approximate surface area is 194 Å². The predicted octanol–water partition coefficient (Wildman–Crippen LogP) is 6.56. The van der Waals surface area contributed by atoms with Gasteiger partial charge in [-0.25, -0.2) is 0 Å². The second kappa shape index (κ2) is 10.4. The van der Waals surface area contributed by atoms with Crippen LogP contribution in [0.4, 0.5) is 11.4 Å². The van der Waals surface area contributed by atoms with Crippen LogP contribution in [0.15, 0.2) is 66.7 Å². The number of ether oxygens (including phenoxy) is 1. The number of rotatable bonds is 6. The van der Waals surface area contributed by atoms with Gasteiger partial charge in [-0.15, -0.1) is 0 Å². The van der Waals surface area contributed by atoms with Crippen LogP contribution in [0.2, 0.25) is 15.1 Å². The first-order chi connectivity index (χ1) is 14.9. The number of methoxy groups -OCH3 is 1. The summed E-state index contributed by atoms with van der Waals surface area (Å²) in [6, 6.07) is 16.6. The molecule has 8 heteroatoms. The van der Waals surface area contributed by atoms with Crippen molar-refractivity contribution in [3.63, 3.8) is 0 Å². The van der Waals surface area contributed by atoms with E-state index >= 15 is 0 Å². The quantitative estimate of drug-likeness (QED) is 0.397. The van der Waals surface area contributed by atoms with E-state index in [1.54, 1.807) is 66.7 Å². The molecule has 0 bridgehead atoms. The molecule has 3 aromatic carbocycles. The molecule has 0 radical (unpaired) electrons. The first-order valence-corrected chi connectivity index (χ1v) is 10.2. The minimum atomic E-state index is -0.353. The molecular formula is C23H17Cl3N2O3. The molecule has 0 aliphatic rings. The number of carbonyl (C=O) groups excluding carboxylic acids is 2. The lowest BCUT2D eigenvalue weighted by molar-refractivity contribution is -0.111. The Hall–Kier alpha value is -2.99. The van der Waals surface area contributed by atoms with Gasteiger partial charge in [-0.05, 0) is 60.7 Å². The van der Waals surface area contributed by atoms with Crippen molar-refractivity contribution in [2.24, 2.45) is 0 Å². The Balaban J connectivity index is 1.63. The fraction of sp³-hybridized carbons (Fsp3) is 0.0435. The van der Waals surface area contributed by atoms with Gasteiger partial charge in [0.15, 0.2) is 0 Å². The maximum Gasteiger partial charge on any atom is 0.255 e. The maximum absolute atomic E-state index is 12.3. The molecule has 0 aliphatic carbocycles.